The van der Waals surface area contributed by atoms with Gasteiger partial charge in [-0.2, -0.15) is 0 Å². The van der Waals surface area contributed by atoms with E-state index in [0.29, 0.717) is 6.54 Å². The highest BCUT2D eigenvalue weighted by Crippen LogP contribution is 2.22. The van der Waals surface area contributed by atoms with Crippen LogP contribution in [-0.4, -0.2) is 5.91 Å². The third kappa shape index (κ3) is 4.64. The molecule has 1 saturated carbocycles. The minimum absolute atomic E-state index is 0.240. The second-order valence-electron chi connectivity index (χ2n) is 5.36. The van der Waals surface area contributed by atoms with Crippen molar-refractivity contribution in [2.45, 2.75) is 50.4 Å². The molecule has 0 bridgehead atoms. The van der Waals surface area contributed by atoms with Gasteiger partial charge in [-0.1, -0.05) is 65.9 Å². The van der Waals surface area contributed by atoms with Gasteiger partial charge in [-0.15, -0.1) is 0 Å². The summed E-state index contributed by atoms with van der Waals surface area (Å²) < 4.78 is 0. The molecule has 0 heterocycles. The van der Waals surface area contributed by atoms with E-state index < -0.39 is 0 Å². The summed E-state index contributed by atoms with van der Waals surface area (Å²) in [5.74, 6) is 0.482. The van der Waals surface area contributed by atoms with Crippen molar-refractivity contribution in [2.24, 2.45) is 5.92 Å². The number of rotatable bonds is 4. The number of benzene rings is 1. The van der Waals surface area contributed by atoms with Gasteiger partial charge in [0.2, 0.25) is 5.91 Å². The van der Waals surface area contributed by atoms with Crippen LogP contribution in [0.5, 0.6) is 0 Å². The zero-order chi connectivity index (χ0) is 13.5. The van der Waals surface area contributed by atoms with Crippen LogP contribution in [0.25, 0.3) is 0 Å². The van der Waals surface area contributed by atoms with E-state index in [1.807, 2.05) is 0 Å². The minimum Gasteiger partial charge on any atom is -0.352 e. The van der Waals surface area contributed by atoms with Crippen molar-refractivity contribution in [1.82, 2.24) is 5.32 Å². The molecule has 0 saturated heterocycles. The van der Waals surface area contributed by atoms with Crippen LogP contribution in [0.2, 0.25) is 0 Å². The van der Waals surface area contributed by atoms with Gasteiger partial charge in [0.25, 0.3) is 0 Å². The summed E-state index contributed by atoms with van der Waals surface area (Å²) in [6, 6.07) is 8.37. The Labute approximate surface area is 124 Å². The van der Waals surface area contributed by atoms with Crippen molar-refractivity contribution in [3.8, 4) is 0 Å². The standard InChI is InChI=1S/C16H22BrNO/c17-11-13-7-9-14(10-8-13)12-18-16(19)15-5-3-1-2-4-6-15/h7-10,15H,1-6,11-12H2,(H,18,19). The maximum atomic E-state index is 12.1. The van der Waals surface area contributed by atoms with Crippen molar-refractivity contribution in [1.29, 1.82) is 0 Å². The highest BCUT2D eigenvalue weighted by atomic mass is 79.9. The highest BCUT2D eigenvalue weighted by Gasteiger charge is 2.19. The van der Waals surface area contributed by atoms with Gasteiger partial charge in [0.1, 0.15) is 0 Å². The molecule has 1 aliphatic carbocycles. The van der Waals surface area contributed by atoms with E-state index in [0.717, 1.165) is 18.2 Å². The first kappa shape index (κ1) is 14.6. The van der Waals surface area contributed by atoms with Gasteiger partial charge in [0.05, 0.1) is 0 Å². The lowest BCUT2D eigenvalue weighted by molar-refractivity contribution is -0.125. The molecule has 1 aromatic rings. The van der Waals surface area contributed by atoms with Gasteiger partial charge in [-0.25, -0.2) is 0 Å². The first-order valence-corrected chi connectivity index (χ1v) is 8.33. The molecule has 3 heteroatoms. The highest BCUT2D eigenvalue weighted by molar-refractivity contribution is 9.08. The number of nitrogens with one attached hydrogen (secondary N) is 1. The molecule has 2 rings (SSSR count). The summed E-state index contributed by atoms with van der Waals surface area (Å²) in [5.41, 5.74) is 2.44. The number of carbonyl (C=O) groups excluding carboxylic acids is 1. The summed E-state index contributed by atoms with van der Waals surface area (Å²) in [6.07, 6.45) is 7.12. The average molecular weight is 324 g/mol. The van der Waals surface area contributed by atoms with Crippen LogP contribution in [0.15, 0.2) is 24.3 Å². The number of alkyl halides is 1. The molecule has 0 spiro atoms. The van der Waals surface area contributed by atoms with Crippen LogP contribution < -0.4 is 5.32 Å². The van der Waals surface area contributed by atoms with Crippen molar-refractivity contribution in [2.75, 3.05) is 0 Å². The molecule has 0 aliphatic heterocycles. The third-order valence-corrected chi connectivity index (χ3v) is 4.52. The zero-order valence-electron chi connectivity index (χ0n) is 11.3. The van der Waals surface area contributed by atoms with E-state index in [1.165, 1.54) is 36.8 Å². The summed E-state index contributed by atoms with van der Waals surface area (Å²) in [4.78, 5) is 12.1. The Morgan fingerprint density at radius 3 is 2.21 bits per heavy atom. The first-order valence-electron chi connectivity index (χ1n) is 7.21. The number of hydrogen-bond donors (Lipinski definition) is 1. The van der Waals surface area contributed by atoms with E-state index in [4.69, 9.17) is 0 Å². The van der Waals surface area contributed by atoms with Crippen LogP contribution in [0.1, 0.15) is 49.7 Å². The molecule has 104 valence electrons. The number of halogens is 1. The van der Waals surface area contributed by atoms with Crippen molar-refractivity contribution < 1.29 is 4.79 Å². The quantitative estimate of drug-likeness (QED) is 0.654. The predicted octanol–water partition coefficient (Wildman–Crippen LogP) is 4.17. The van der Waals surface area contributed by atoms with Gasteiger partial charge < -0.3 is 5.32 Å². The Morgan fingerprint density at radius 1 is 1.05 bits per heavy atom. The molecular weight excluding hydrogens is 302 g/mol. The lowest BCUT2D eigenvalue weighted by atomic mass is 9.99. The summed E-state index contributed by atoms with van der Waals surface area (Å²) in [6.45, 7) is 0.651. The van der Waals surface area contributed by atoms with Crippen molar-refractivity contribution in [3.63, 3.8) is 0 Å². The molecule has 0 aromatic heterocycles. The van der Waals surface area contributed by atoms with Gasteiger partial charge >= 0.3 is 0 Å². The SMILES string of the molecule is O=C(NCc1ccc(CBr)cc1)C1CCCCCC1. The fraction of sp³-hybridized carbons (Fsp3) is 0.562. The topological polar surface area (TPSA) is 29.1 Å². The van der Waals surface area contributed by atoms with Crippen LogP contribution in [0.4, 0.5) is 0 Å². The smallest absolute Gasteiger partial charge is 0.223 e. The fourth-order valence-corrected chi connectivity index (χ4v) is 3.00. The van der Waals surface area contributed by atoms with Crippen molar-refractivity contribution >= 4 is 21.8 Å². The predicted molar refractivity (Wildman–Crippen MR) is 82.1 cm³/mol. The first-order chi connectivity index (χ1) is 9.29. The lowest BCUT2D eigenvalue weighted by Gasteiger charge is -2.14. The van der Waals surface area contributed by atoms with E-state index in [-0.39, 0.29) is 11.8 Å². The van der Waals surface area contributed by atoms with E-state index in [1.54, 1.807) is 0 Å². The molecule has 1 amide bonds. The largest absolute Gasteiger partial charge is 0.352 e. The Balaban J connectivity index is 1.81. The normalized spacial score (nSPS) is 16.9. The summed E-state index contributed by atoms with van der Waals surface area (Å²) in [7, 11) is 0. The Kier molecular flexibility index (Phi) is 5.90. The van der Waals surface area contributed by atoms with Gasteiger partial charge in [-0.3, -0.25) is 4.79 Å². The molecule has 0 unspecified atom stereocenters. The molecule has 1 aliphatic rings. The Hall–Kier alpha value is -0.830. The third-order valence-electron chi connectivity index (χ3n) is 3.87. The van der Waals surface area contributed by atoms with Gasteiger partial charge in [-0.05, 0) is 24.0 Å². The van der Waals surface area contributed by atoms with Gasteiger partial charge in [0, 0.05) is 17.8 Å². The molecule has 0 radical (unpaired) electrons. The number of hydrogen-bond acceptors (Lipinski definition) is 1. The van der Waals surface area contributed by atoms with Gasteiger partial charge in [0.15, 0.2) is 0 Å². The molecule has 0 atom stereocenters. The van der Waals surface area contributed by atoms with Crippen LogP contribution in [0.3, 0.4) is 0 Å². The van der Waals surface area contributed by atoms with Crippen LogP contribution in [-0.2, 0) is 16.7 Å². The maximum absolute atomic E-state index is 12.1. The summed E-state index contributed by atoms with van der Waals surface area (Å²) in [5, 5.41) is 3.96. The molecule has 1 aromatic carbocycles. The molecule has 19 heavy (non-hydrogen) atoms. The van der Waals surface area contributed by atoms with E-state index in [2.05, 4.69) is 45.5 Å². The zero-order valence-corrected chi connectivity index (χ0v) is 12.9. The minimum atomic E-state index is 0.240. The molecule has 1 N–H and O–H groups in total. The number of amides is 1. The Morgan fingerprint density at radius 2 is 1.63 bits per heavy atom. The monoisotopic (exact) mass is 323 g/mol. The van der Waals surface area contributed by atoms with Crippen LogP contribution >= 0.6 is 15.9 Å². The van der Waals surface area contributed by atoms with Crippen molar-refractivity contribution in [3.05, 3.63) is 35.4 Å². The fourth-order valence-electron chi connectivity index (χ4n) is 2.62. The molecular formula is C16H22BrNO. The van der Waals surface area contributed by atoms with Crippen LogP contribution in [0, 0.1) is 5.92 Å². The molecule has 2 nitrogen and oxygen atoms in total. The van der Waals surface area contributed by atoms with E-state index in [9.17, 15) is 4.79 Å². The second-order valence-corrected chi connectivity index (χ2v) is 5.92. The second kappa shape index (κ2) is 7.68. The molecule has 1 fully saturated rings. The van der Waals surface area contributed by atoms with E-state index >= 15 is 0 Å². The maximum Gasteiger partial charge on any atom is 0.223 e. The number of carbonyl (C=O) groups is 1. The Bertz CT molecular complexity index is 394. The lowest BCUT2D eigenvalue weighted by Crippen LogP contribution is -2.30. The summed E-state index contributed by atoms with van der Waals surface area (Å²) >= 11 is 3.43. The average Bonchev–Trinajstić information content (AvgIpc) is 2.74.